The zero-order valence-electron chi connectivity index (χ0n) is 18.7. The number of aliphatic hydroxyl groups is 2. The maximum absolute atomic E-state index is 9.51. The highest BCUT2D eigenvalue weighted by Crippen LogP contribution is 2.09. The Hall–Kier alpha value is -2.54. The predicted molar refractivity (Wildman–Crippen MR) is 130 cm³/mol. The first-order valence-corrected chi connectivity index (χ1v) is 11.3. The number of nitrogens with zero attached hydrogens (tertiary/aromatic N) is 1. The van der Waals surface area contributed by atoms with Crippen LogP contribution in [0.25, 0.3) is 0 Å². The lowest BCUT2D eigenvalue weighted by Crippen LogP contribution is -2.36. The van der Waals surface area contributed by atoms with Crippen LogP contribution < -0.4 is 10.6 Å². The third kappa shape index (κ3) is 7.86. The van der Waals surface area contributed by atoms with Gasteiger partial charge in [-0.1, -0.05) is 78.9 Å². The quantitative estimate of drug-likeness (QED) is 0.294. The molecular formula is C27H35N3O2. The van der Waals surface area contributed by atoms with Crippen LogP contribution in [0.5, 0.6) is 0 Å². The van der Waals surface area contributed by atoms with Crippen molar-refractivity contribution in [2.75, 3.05) is 26.2 Å². The molecule has 3 aromatic carbocycles. The summed E-state index contributed by atoms with van der Waals surface area (Å²) >= 11 is 0. The zero-order valence-corrected chi connectivity index (χ0v) is 18.7. The van der Waals surface area contributed by atoms with Gasteiger partial charge in [0.15, 0.2) is 0 Å². The van der Waals surface area contributed by atoms with Gasteiger partial charge in [-0.2, -0.15) is 0 Å². The van der Waals surface area contributed by atoms with Gasteiger partial charge in [0, 0.05) is 45.8 Å². The van der Waals surface area contributed by atoms with E-state index in [4.69, 9.17) is 0 Å². The maximum Gasteiger partial charge on any atom is 0.0685 e. The van der Waals surface area contributed by atoms with E-state index >= 15 is 0 Å². The lowest BCUT2D eigenvalue weighted by atomic mass is 10.1. The standard InChI is InChI=1S/C27H35N3O2/c31-21-26-12-6-4-10-24(26)18-28-14-16-30(20-23-8-2-1-3-9-23)17-15-29-19-25-11-5-7-13-27(25)22-32/h1-13,28-29,31-32H,14-22H2. The highest BCUT2D eigenvalue weighted by Gasteiger charge is 2.07. The Morgan fingerprint density at radius 3 is 1.47 bits per heavy atom. The van der Waals surface area contributed by atoms with Gasteiger partial charge in [-0.15, -0.1) is 0 Å². The molecule has 0 bridgehead atoms. The van der Waals surface area contributed by atoms with E-state index in [-0.39, 0.29) is 13.2 Å². The Morgan fingerprint density at radius 2 is 1.00 bits per heavy atom. The average Bonchev–Trinajstić information content (AvgIpc) is 2.85. The van der Waals surface area contributed by atoms with E-state index in [0.29, 0.717) is 0 Å². The van der Waals surface area contributed by atoms with Crippen molar-refractivity contribution in [3.05, 3.63) is 107 Å². The number of hydrogen-bond acceptors (Lipinski definition) is 5. The van der Waals surface area contributed by atoms with Gasteiger partial charge in [-0.05, 0) is 27.8 Å². The van der Waals surface area contributed by atoms with E-state index in [0.717, 1.165) is 68.1 Å². The molecular weight excluding hydrogens is 398 g/mol. The Kier molecular flexibility index (Phi) is 10.4. The van der Waals surface area contributed by atoms with Crippen molar-refractivity contribution in [3.8, 4) is 0 Å². The summed E-state index contributed by atoms with van der Waals surface area (Å²) in [6.07, 6.45) is 0. The fourth-order valence-corrected chi connectivity index (χ4v) is 3.80. The number of rotatable bonds is 14. The molecule has 170 valence electrons. The van der Waals surface area contributed by atoms with Crippen LogP contribution in [0.2, 0.25) is 0 Å². The Labute approximate surface area is 191 Å². The van der Waals surface area contributed by atoms with Crippen molar-refractivity contribution in [1.29, 1.82) is 0 Å². The minimum Gasteiger partial charge on any atom is -0.392 e. The number of hydrogen-bond donors (Lipinski definition) is 4. The first-order chi connectivity index (χ1) is 15.8. The van der Waals surface area contributed by atoms with E-state index in [1.165, 1.54) is 5.56 Å². The summed E-state index contributed by atoms with van der Waals surface area (Å²) in [5.41, 5.74) is 5.56. The molecule has 3 rings (SSSR count). The number of aliphatic hydroxyl groups excluding tert-OH is 2. The van der Waals surface area contributed by atoms with Crippen LogP contribution in [0.1, 0.15) is 27.8 Å². The summed E-state index contributed by atoms with van der Waals surface area (Å²) < 4.78 is 0. The largest absolute Gasteiger partial charge is 0.392 e. The van der Waals surface area contributed by atoms with Crippen LogP contribution in [-0.2, 0) is 32.8 Å². The van der Waals surface area contributed by atoms with E-state index in [9.17, 15) is 10.2 Å². The number of benzene rings is 3. The van der Waals surface area contributed by atoms with Crippen molar-refractivity contribution in [2.45, 2.75) is 32.8 Å². The molecule has 3 aromatic rings. The lowest BCUT2D eigenvalue weighted by Gasteiger charge is -2.23. The van der Waals surface area contributed by atoms with Crippen molar-refractivity contribution >= 4 is 0 Å². The SMILES string of the molecule is OCc1ccccc1CNCCN(CCNCc1ccccc1CO)Cc1ccccc1. The molecule has 32 heavy (non-hydrogen) atoms. The molecule has 0 radical (unpaired) electrons. The van der Waals surface area contributed by atoms with Gasteiger partial charge in [0.1, 0.15) is 0 Å². The monoisotopic (exact) mass is 433 g/mol. The summed E-state index contributed by atoms with van der Waals surface area (Å²) in [7, 11) is 0. The van der Waals surface area contributed by atoms with Crippen molar-refractivity contribution in [3.63, 3.8) is 0 Å². The van der Waals surface area contributed by atoms with Gasteiger partial charge >= 0.3 is 0 Å². The van der Waals surface area contributed by atoms with Gasteiger partial charge in [-0.3, -0.25) is 4.90 Å². The van der Waals surface area contributed by atoms with Crippen LogP contribution >= 0.6 is 0 Å². The Balaban J connectivity index is 1.48. The first kappa shape index (κ1) is 24.1. The van der Waals surface area contributed by atoms with Gasteiger partial charge in [0.2, 0.25) is 0 Å². The molecule has 0 aliphatic heterocycles. The molecule has 5 heteroatoms. The Bertz CT molecular complexity index is 862. The Morgan fingerprint density at radius 1 is 0.562 bits per heavy atom. The molecule has 0 unspecified atom stereocenters. The molecule has 5 nitrogen and oxygen atoms in total. The second-order valence-corrected chi connectivity index (χ2v) is 7.97. The summed E-state index contributed by atoms with van der Waals surface area (Å²) in [6.45, 7) is 6.19. The summed E-state index contributed by atoms with van der Waals surface area (Å²) in [5, 5.41) is 26.1. The fourth-order valence-electron chi connectivity index (χ4n) is 3.80. The van der Waals surface area contributed by atoms with Crippen LogP contribution in [-0.4, -0.2) is 41.3 Å². The molecule has 0 aliphatic carbocycles. The van der Waals surface area contributed by atoms with Gasteiger partial charge in [0.05, 0.1) is 13.2 Å². The maximum atomic E-state index is 9.51. The van der Waals surface area contributed by atoms with Gasteiger partial charge < -0.3 is 20.8 Å². The van der Waals surface area contributed by atoms with Crippen LogP contribution in [0, 0.1) is 0 Å². The number of nitrogens with one attached hydrogen (secondary N) is 2. The predicted octanol–water partition coefficient (Wildman–Crippen LogP) is 3.05. The second kappa shape index (κ2) is 13.8. The molecule has 0 saturated carbocycles. The summed E-state index contributed by atoms with van der Waals surface area (Å²) in [5.74, 6) is 0. The van der Waals surface area contributed by atoms with Gasteiger partial charge in [-0.25, -0.2) is 0 Å². The van der Waals surface area contributed by atoms with Gasteiger partial charge in [0.25, 0.3) is 0 Å². The van der Waals surface area contributed by atoms with E-state index in [1.54, 1.807) is 0 Å². The van der Waals surface area contributed by atoms with E-state index < -0.39 is 0 Å². The summed E-state index contributed by atoms with van der Waals surface area (Å²) in [6, 6.07) is 26.6. The van der Waals surface area contributed by atoms with Crippen molar-refractivity contribution in [1.82, 2.24) is 15.5 Å². The van der Waals surface area contributed by atoms with E-state index in [2.05, 4.69) is 51.9 Å². The zero-order chi connectivity index (χ0) is 22.4. The van der Waals surface area contributed by atoms with Crippen LogP contribution in [0.4, 0.5) is 0 Å². The van der Waals surface area contributed by atoms with E-state index in [1.807, 2.05) is 42.5 Å². The average molecular weight is 434 g/mol. The second-order valence-electron chi connectivity index (χ2n) is 7.97. The van der Waals surface area contributed by atoms with Crippen molar-refractivity contribution in [2.24, 2.45) is 0 Å². The minimum atomic E-state index is 0.0725. The molecule has 0 aromatic heterocycles. The van der Waals surface area contributed by atoms with Crippen molar-refractivity contribution < 1.29 is 10.2 Å². The molecule has 0 spiro atoms. The normalized spacial score (nSPS) is 11.2. The van der Waals surface area contributed by atoms with Crippen LogP contribution in [0.15, 0.2) is 78.9 Å². The lowest BCUT2D eigenvalue weighted by molar-refractivity contribution is 0.262. The molecule has 0 aliphatic rings. The molecule has 0 fully saturated rings. The molecule has 0 atom stereocenters. The summed E-state index contributed by atoms with van der Waals surface area (Å²) in [4.78, 5) is 2.45. The molecule has 0 saturated heterocycles. The first-order valence-electron chi connectivity index (χ1n) is 11.3. The third-order valence-electron chi connectivity index (χ3n) is 5.67. The molecule has 0 heterocycles. The van der Waals surface area contributed by atoms with Crippen LogP contribution in [0.3, 0.4) is 0 Å². The third-order valence-corrected chi connectivity index (χ3v) is 5.67. The minimum absolute atomic E-state index is 0.0725. The highest BCUT2D eigenvalue weighted by atomic mass is 16.3. The highest BCUT2D eigenvalue weighted by molar-refractivity contribution is 5.27. The molecule has 0 amide bonds. The topological polar surface area (TPSA) is 67.8 Å². The molecule has 4 N–H and O–H groups in total. The fraction of sp³-hybridized carbons (Fsp3) is 0.333. The smallest absolute Gasteiger partial charge is 0.0685 e.